The topological polar surface area (TPSA) is 107 Å². The van der Waals surface area contributed by atoms with E-state index < -0.39 is 0 Å². The van der Waals surface area contributed by atoms with E-state index in [4.69, 9.17) is 21.6 Å². The molecule has 1 aliphatic rings. The highest BCUT2D eigenvalue weighted by atomic mass is 35.5. The number of hydrogen-bond acceptors (Lipinski definition) is 9. The molecule has 0 atom stereocenters. The molecule has 37 heavy (non-hydrogen) atoms. The lowest BCUT2D eigenvalue weighted by molar-refractivity contribution is 0.0783. The van der Waals surface area contributed by atoms with Gasteiger partial charge >= 0.3 is 0 Å². The van der Waals surface area contributed by atoms with E-state index in [1.165, 1.54) is 11.3 Å². The van der Waals surface area contributed by atoms with E-state index >= 15 is 0 Å². The fourth-order valence-corrected chi connectivity index (χ4v) is 5.03. The number of likely N-dealkylation sites (tertiary alicyclic amines) is 1. The van der Waals surface area contributed by atoms with E-state index in [9.17, 15) is 4.79 Å². The summed E-state index contributed by atoms with van der Waals surface area (Å²) in [5, 5.41) is 15.2. The second-order valence-electron chi connectivity index (χ2n) is 8.98. The average molecular weight is 540 g/mol. The van der Waals surface area contributed by atoms with Crippen LogP contribution in [0.25, 0.3) is 0 Å². The minimum atomic E-state index is -0.139. The number of aryl methyl sites for hydroxylation is 1. The predicted molar refractivity (Wildman–Crippen MR) is 145 cm³/mol. The minimum Gasteiger partial charge on any atom is -0.494 e. The molecule has 0 saturated carbocycles. The van der Waals surface area contributed by atoms with Crippen LogP contribution in [0.4, 0.5) is 10.9 Å². The van der Waals surface area contributed by atoms with E-state index in [1.807, 2.05) is 25.1 Å². The molecule has 1 saturated heterocycles. The molecule has 1 aliphatic heterocycles. The molecule has 9 nitrogen and oxygen atoms in total. The van der Waals surface area contributed by atoms with Crippen molar-refractivity contribution in [2.45, 2.75) is 32.1 Å². The molecule has 3 aromatic rings. The molecule has 194 valence electrons. The lowest BCUT2D eigenvalue weighted by Crippen LogP contribution is -2.33. The summed E-state index contributed by atoms with van der Waals surface area (Å²) in [5.41, 5.74) is 1.39. The second-order valence-corrected chi connectivity index (χ2v) is 10.3. The van der Waals surface area contributed by atoms with Gasteiger partial charge in [0.25, 0.3) is 5.91 Å². The Kier molecular flexibility index (Phi) is 9.28. The number of aromatic nitrogens is 3. The van der Waals surface area contributed by atoms with Gasteiger partial charge in [-0.2, -0.15) is 5.26 Å². The molecule has 0 spiro atoms. The number of nitrogens with zero attached hydrogens (tertiary/aromatic N) is 6. The number of piperidine rings is 1. The number of nitrogens with one attached hydrogen (secondary N) is 1. The monoisotopic (exact) mass is 539 g/mol. The van der Waals surface area contributed by atoms with Crippen LogP contribution < -0.4 is 10.1 Å². The molecule has 0 radical (unpaired) electrons. The van der Waals surface area contributed by atoms with Crippen LogP contribution in [-0.4, -0.2) is 70.5 Å². The summed E-state index contributed by atoms with van der Waals surface area (Å²) in [4.78, 5) is 30.3. The number of carbonyl (C=O) groups is 1. The third-order valence-corrected chi connectivity index (χ3v) is 7.19. The molecule has 1 fully saturated rings. The maximum absolute atomic E-state index is 12.8. The summed E-state index contributed by atoms with van der Waals surface area (Å²) >= 11 is 7.26. The molecule has 11 heteroatoms. The van der Waals surface area contributed by atoms with E-state index in [-0.39, 0.29) is 5.91 Å². The quantitative estimate of drug-likeness (QED) is 0.287. The first-order valence-electron chi connectivity index (χ1n) is 12.2. The number of nitriles is 1. The van der Waals surface area contributed by atoms with Gasteiger partial charge in [-0.05, 0) is 63.5 Å². The first kappa shape index (κ1) is 26.8. The third kappa shape index (κ3) is 7.61. The van der Waals surface area contributed by atoms with Gasteiger partial charge in [-0.3, -0.25) is 9.69 Å². The molecule has 3 heterocycles. The van der Waals surface area contributed by atoms with Gasteiger partial charge in [0.1, 0.15) is 23.1 Å². The standard InChI is InChI=1S/C26H30ClN7O2S/c1-18-29-22(19-8-12-34(13-9-19)14-10-28)16-24(30-18)32-26-31-23(17-37-26)25(35)33(2)11-3-15-36-21-6-4-20(27)5-7-21/h4-7,16-17,19H,3,8-9,11-15H2,1-2H3,(H,29,30,31,32). The SMILES string of the molecule is Cc1nc(Nc2nc(C(=O)N(C)CCCOc3ccc(Cl)cc3)cs2)cc(C2CCN(CC#N)CC2)n1. The Morgan fingerprint density at radius 2 is 2.03 bits per heavy atom. The minimum absolute atomic E-state index is 0.139. The largest absolute Gasteiger partial charge is 0.494 e. The van der Waals surface area contributed by atoms with Crippen LogP contribution in [0.5, 0.6) is 5.75 Å². The first-order valence-corrected chi connectivity index (χ1v) is 13.5. The smallest absolute Gasteiger partial charge is 0.273 e. The van der Waals surface area contributed by atoms with Gasteiger partial charge in [0.15, 0.2) is 5.13 Å². The Morgan fingerprint density at radius 3 is 2.76 bits per heavy atom. The zero-order chi connectivity index (χ0) is 26.2. The Hall–Kier alpha value is -3.26. The Morgan fingerprint density at radius 1 is 1.27 bits per heavy atom. The number of hydrogen-bond donors (Lipinski definition) is 1. The summed E-state index contributed by atoms with van der Waals surface area (Å²) < 4.78 is 5.70. The Labute approximate surface area is 226 Å². The molecule has 1 amide bonds. The van der Waals surface area contributed by atoms with Gasteiger partial charge in [-0.15, -0.1) is 11.3 Å². The van der Waals surface area contributed by atoms with Crippen molar-refractivity contribution in [1.82, 2.24) is 24.8 Å². The van der Waals surface area contributed by atoms with Crippen LogP contribution in [0.3, 0.4) is 0 Å². The van der Waals surface area contributed by atoms with Crippen LogP contribution in [0.1, 0.15) is 47.2 Å². The number of benzene rings is 1. The fraction of sp³-hybridized carbons (Fsp3) is 0.423. The zero-order valence-electron chi connectivity index (χ0n) is 21.0. The highest BCUT2D eigenvalue weighted by Crippen LogP contribution is 2.29. The van der Waals surface area contributed by atoms with Crippen LogP contribution in [0, 0.1) is 18.3 Å². The summed E-state index contributed by atoms with van der Waals surface area (Å²) in [5.74, 6) is 2.31. The van der Waals surface area contributed by atoms with Crippen molar-refractivity contribution in [3.8, 4) is 11.8 Å². The van der Waals surface area contributed by atoms with Gasteiger partial charge in [0.05, 0.1) is 19.2 Å². The lowest BCUT2D eigenvalue weighted by Gasteiger charge is -2.30. The summed E-state index contributed by atoms with van der Waals surface area (Å²) in [7, 11) is 1.76. The summed E-state index contributed by atoms with van der Waals surface area (Å²) in [6.45, 7) is 5.18. The van der Waals surface area contributed by atoms with Crippen LogP contribution in [-0.2, 0) is 0 Å². The number of rotatable bonds is 10. The number of anilines is 2. The van der Waals surface area contributed by atoms with Crippen molar-refractivity contribution < 1.29 is 9.53 Å². The average Bonchev–Trinajstić information content (AvgIpc) is 3.35. The van der Waals surface area contributed by atoms with Gasteiger partial charge in [-0.25, -0.2) is 15.0 Å². The van der Waals surface area contributed by atoms with Crippen molar-refractivity contribution in [2.75, 3.05) is 45.2 Å². The molecule has 0 bridgehead atoms. The van der Waals surface area contributed by atoms with E-state index in [0.29, 0.717) is 59.5 Å². The number of thiazole rings is 1. The number of halogens is 1. The summed E-state index contributed by atoms with van der Waals surface area (Å²) in [6, 6.07) is 11.4. The Bertz CT molecular complexity index is 1240. The van der Waals surface area contributed by atoms with Crippen molar-refractivity contribution in [3.05, 3.63) is 57.9 Å². The number of ether oxygens (including phenoxy) is 1. The highest BCUT2D eigenvalue weighted by molar-refractivity contribution is 7.14. The number of amides is 1. The van der Waals surface area contributed by atoms with E-state index in [0.717, 1.165) is 37.4 Å². The number of carbonyl (C=O) groups excluding carboxylic acids is 1. The first-order chi connectivity index (χ1) is 17.9. The molecule has 0 aliphatic carbocycles. The van der Waals surface area contributed by atoms with Crippen molar-refractivity contribution in [1.29, 1.82) is 5.26 Å². The normalized spacial score (nSPS) is 14.2. The third-order valence-electron chi connectivity index (χ3n) is 6.18. The molecule has 2 aromatic heterocycles. The molecular weight excluding hydrogens is 510 g/mol. The zero-order valence-corrected chi connectivity index (χ0v) is 22.6. The van der Waals surface area contributed by atoms with Crippen molar-refractivity contribution in [3.63, 3.8) is 0 Å². The van der Waals surface area contributed by atoms with Gasteiger partial charge in [0, 0.05) is 41.7 Å². The fourth-order valence-electron chi connectivity index (χ4n) is 4.21. The second kappa shape index (κ2) is 12.8. The Balaban J connectivity index is 1.29. The van der Waals surface area contributed by atoms with Gasteiger partial charge in [-0.1, -0.05) is 11.6 Å². The van der Waals surface area contributed by atoms with Gasteiger partial charge < -0.3 is 15.0 Å². The van der Waals surface area contributed by atoms with Gasteiger partial charge in [0.2, 0.25) is 0 Å². The highest BCUT2D eigenvalue weighted by Gasteiger charge is 2.22. The van der Waals surface area contributed by atoms with Crippen LogP contribution in [0.2, 0.25) is 5.02 Å². The molecule has 4 rings (SSSR count). The lowest BCUT2D eigenvalue weighted by atomic mass is 9.93. The van der Waals surface area contributed by atoms with Crippen LogP contribution >= 0.6 is 22.9 Å². The molecule has 1 N–H and O–H groups in total. The summed E-state index contributed by atoms with van der Waals surface area (Å²) in [6.07, 6.45) is 2.62. The predicted octanol–water partition coefficient (Wildman–Crippen LogP) is 4.88. The van der Waals surface area contributed by atoms with E-state index in [2.05, 4.69) is 31.2 Å². The van der Waals surface area contributed by atoms with E-state index in [1.54, 1.807) is 29.5 Å². The molecule has 0 unspecified atom stereocenters. The molecule has 1 aromatic carbocycles. The maximum atomic E-state index is 12.8. The van der Waals surface area contributed by atoms with Crippen molar-refractivity contribution >= 4 is 39.8 Å². The van der Waals surface area contributed by atoms with Crippen LogP contribution in [0.15, 0.2) is 35.7 Å². The molecular formula is C26H30ClN7O2S. The maximum Gasteiger partial charge on any atom is 0.273 e. The van der Waals surface area contributed by atoms with Crippen molar-refractivity contribution in [2.24, 2.45) is 0 Å².